The van der Waals surface area contributed by atoms with Crippen LogP contribution in [0.25, 0.3) is 10.8 Å². The van der Waals surface area contributed by atoms with Gasteiger partial charge in [-0.05, 0) is 29.0 Å². The van der Waals surface area contributed by atoms with Crippen LogP contribution in [0.3, 0.4) is 0 Å². The number of carbonyl (C=O) groups excluding carboxylic acids is 2. The van der Waals surface area contributed by atoms with Gasteiger partial charge < -0.3 is 10.1 Å². The van der Waals surface area contributed by atoms with Gasteiger partial charge in [0.25, 0.3) is 11.6 Å². The first-order valence-corrected chi connectivity index (χ1v) is 8.19. The summed E-state index contributed by atoms with van der Waals surface area (Å²) in [6, 6.07) is 18.8. The van der Waals surface area contributed by atoms with Crippen LogP contribution in [0.1, 0.15) is 15.9 Å². The maximum Gasteiger partial charge on any atom is 0.325 e. The molecule has 0 radical (unpaired) electrons. The third kappa shape index (κ3) is 4.46. The Hall–Kier alpha value is -3.74. The van der Waals surface area contributed by atoms with Gasteiger partial charge >= 0.3 is 5.97 Å². The minimum atomic E-state index is -0.679. The minimum absolute atomic E-state index is 0.116. The van der Waals surface area contributed by atoms with Gasteiger partial charge in [-0.15, -0.1) is 0 Å². The second kappa shape index (κ2) is 8.09. The largest absolute Gasteiger partial charge is 0.459 e. The standard InChI is InChI=1S/C20H16N2O5/c23-19(12-21-20(24)14-6-2-1-3-7-14)27-13-17-10-15-8-4-5-9-16(15)11-18(17)22(25)26/h1-11H,12-13H2,(H,21,24). The number of amides is 1. The van der Waals surface area contributed by atoms with Crippen LogP contribution < -0.4 is 5.32 Å². The molecule has 0 unspecified atom stereocenters. The van der Waals surface area contributed by atoms with Crippen LogP contribution in [0.2, 0.25) is 0 Å². The number of esters is 1. The summed E-state index contributed by atoms with van der Waals surface area (Å²) in [6.07, 6.45) is 0. The lowest BCUT2D eigenvalue weighted by Crippen LogP contribution is -2.30. The molecule has 0 aliphatic heterocycles. The van der Waals surface area contributed by atoms with Crippen LogP contribution >= 0.6 is 0 Å². The number of nitrogens with one attached hydrogen (secondary N) is 1. The van der Waals surface area contributed by atoms with Crippen molar-refractivity contribution in [2.45, 2.75) is 6.61 Å². The Labute approximate surface area is 154 Å². The molecule has 0 aliphatic carbocycles. The van der Waals surface area contributed by atoms with Crippen molar-refractivity contribution < 1.29 is 19.2 Å². The van der Waals surface area contributed by atoms with Crippen molar-refractivity contribution in [1.82, 2.24) is 5.32 Å². The van der Waals surface area contributed by atoms with E-state index in [9.17, 15) is 19.7 Å². The summed E-state index contributed by atoms with van der Waals surface area (Å²) in [5.74, 6) is -1.08. The average Bonchev–Trinajstić information content (AvgIpc) is 2.70. The van der Waals surface area contributed by atoms with E-state index in [1.165, 1.54) is 6.07 Å². The number of ether oxygens (including phenoxy) is 1. The number of fused-ring (bicyclic) bond motifs is 1. The summed E-state index contributed by atoms with van der Waals surface area (Å²) in [7, 11) is 0. The van der Waals surface area contributed by atoms with Crippen molar-refractivity contribution in [1.29, 1.82) is 0 Å². The highest BCUT2D eigenvalue weighted by atomic mass is 16.6. The molecule has 7 nitrogen and oxygen atoms in total. The fourth-order valence-corrected chi connectivity index (χ4v) is 2.61. The molecule has 0 saturated carbocycles. The molecule has 3 aromatic carbocycles. The maximum absolute atomic E-state index is 11.9. The van der Waals surface area contributed by atoms with E-state index in [1.807, 2.05) is 12.1 Å². The molecule has 3 rings (SSSR count). The van der Waals surface area contributed by atoms with E-state index in [2.05, 4.69) is 5.32 Å². The molecule has 27 heavy (non-hydrogen) atoms. The Kier molecular flexibility index (Phi) is 5.41. The smallest absolute Gasteiger partial charge is 0.325 e. The predicted octanol–water partition coefficient (Wildman–Crippen LogP) is 3.22. The third-order valence-electron chi connectivity index (χ3n) is 3.96. The van der Waals surface area contributed by atoms with Gasteiger partial charge in [-0.3, -0.25) is 19.7 Å². The number of carbonyl (C=O) groups is 2. The molecule has 0 atom stereocenters. The number of nitro benzene ring substituents is 1. The number of nitro groups is 1. The molecule has 136 valence electrons. The SMILES string of the molecule is O=C(CNC(=O)c1ccccc1)OCc1cc2ccccc2cc1[N+](=O)[O-]. The van der Waals surface area contributed by atoms with Crippen LogP contribution in [0.5, 0.6) is 0 Å². The van der Waals surface area contributed by atoms with Crippen LogP contribution in [-0.2, 0) is 16.1 Å². The Bertz CT molecular complexity index is 1000. The first kappa shape index (κ1) is 18.1. The molecule has 0 aromatic heterocycles. The number of nitrogens with zero attached hydrogens (tertiary/aromatic N) is 1. The molecular formula is C20H16N2O5. The van der Waals surface area contributed by atoms with E-state index in [4.69, 9.17) is 4.74 Å². The van der Waals surface area contributed by atoms with E-state index in [0.717, 1.165) is 10.8 Å². The van der Waals surface area contributed by atoms with Crippen molar-refractivity contribution in [3.8, 4) is 0 Å². The van der Waals surface area contributed by atoms with E-state index in [-0.39, 0.29) is 18.8 Å². The molecule has 3 aromatic rings. The monoisotopic (exact) mass is 364 g/mol. The third-order valence-corrected chi connectivity index (χ3v) is 3.96. The zero-order chi connectivity index (χ0) is 19.2. The molecule has 0 spiro atoms. The lowest BCUT2D eigenvalue weighted by molar-refractivity contribution is -0.385. The Morgan fingerprint density at radius 3 is 2.26 bits per heavy atom. The summed E-state index contributed by atoms with van der Waals surface area (Å²) in [4.78, 5) is 34.6. The predicted molar refractivity (Wildman–Crippen MR) is 99.2 cm³/mol. The van der Waals surface area contributed by atoms with Crippen molar-refractivity contribution in [3.05, 3.63) is 88.0 Å². The molecule has 0 bridgehead atoms. The second-order valence-corrected chi connectivity index (χ2v) is 5.79. The Morgan fingerprint density at radius 2 is 1.59 bits per heavy atom. The summed E-state index contributed by atoms with van der Waals surface area (Å²) < 4.78 is 5.10. The second-order valence-electron chi connectivity index (χ2n) is 5.79. The highest BCUT2D eigenvalue weighted by Gasteiger charge is 2.17. The normalized spacial score (nSPS) is 10.4. The number of hydrogen-bond acceptors (Lipinski definition) is 5. The average molecular weight is 364 g/mol. The zero-order valence-electron chi connectivity index (χ0n) is 14.3. The highest BCUT2D eigenvalue weighted by Crippen LogP contribution is 2.26. The maximum atomic E-state index is 11.9. The van der Waals surface area contributed by atoms with E-state index in [0.29, 0.717) is 11.1 Å². The molecule has 0 aliphatic rings. The number of hydrogen-bond donors (Lipinski definition) is 1. The van der Waals surface area contributed by atoms with Gasteiger partial charge in [-0.25, -0.2) is 0 Å². The molecule has 7 heteroatoms. The van der Waals surface area contributed by atoms with Crippen LogP contribution in [0, 0.1) is 10.1 Å². The fourth-order valence-electron chi connectivity index (χ4n) is 2.61. The fraction of sp³-hybridized carbons (Fsp3) is 0.100. The lowest BCUT2D eigenvalue weighted by atomic mass is 10.1. The molecule has 1 N–H and O–H groups in total. The van der Waals surface area contributed by atoms with Gasteiger partial charge in [-0.1, -0.05) is 42.5 Å². The topological polar surface area (TPSA) is 98.5 Å². The Balaban J connectivity index is 1.64. The Morgan fingerprint density at radius 1 is 0.963 bits per heavy atom. The minimum Gasteiger partial charge on any atom is -0.459 e. The first-order valence-electron chi connectivity index (χ1n) is 8.19. The van der Waals surface area contributed by atoms with Gasteiger partial charge in [-0.2, -0.15) is 0 Å². The van der Waals surface area contributed by atoms with Crippen molar-refractivity contribution >= 4 is 28.3 Å². The van der Waals surface area contributed by atoms with Crippen LogP contribution in [-0.4, -0.2) is 23.3 Å². The first-order chi connectivity index (χ1) is 13.0. The van der Waals surface area contributed by atoms with E-state index >= 15 is 0 Å². The van der Waals surface area contributed by atoms with Crippen molar-refractivity contribution in [2.75, 3.05) is 6.54 Å². The summed E-state index contributed by atoms with van der Waals surface area (Å²) >= 11 is 0. The van der Waals surface area contributed by atoms with Gasteiger partial charge in [0.2, 0.25) is 0 Å². The van der Waals surface area contributed by atoms with Gasteiger partial charge in [0.05, 0.1) is 10.5 Å². The van der Waals surface area contributed by atoms with E-state index in [1.54, 1.807) is 48.5 Å². The number of benzene rings is 3. The van der Waals surface area contributed by atoms with Gasteiger partial charge in [0, 0.05) is 11.6 Å². The van der Waals surface area contributed by atoms with Gasteiger partial charge in [0.15, 0.2) is 0 Å². The molecule has 0 heterocycles. The lowest BCUT2D eigenvalue weighted by Gasteiger charge is -2.08. The zero-order valence-corrected chi connectivity index (χ0v) is 14.3. The van der Waals surface area contributed by atoms with Crippen molar-refractivity contribution in [3.63, 3.8) is 0 Å². The molecular weight excluding hydrogens is 348 g/mol. The van der Waals surface area contributed by atoms with Crippen LogP contribution in [0.4, 0.5) is 5.69 Å². The highest BCUT2D eigenvalue weighted by molar-refractivity contribution is 5.95. The molecule has 1 amide bonds. The summed E-state index contributed by atoms with van der Waals surface area (Å²) in [5.41, 5.74) is 0.603. The van der Waals surface area contributed by atoms with Gasteiger partial charge in [0.1, 0.15) is 13.2 Å². The summed E-state index contributed by atoms with van der Waals surface area (Å²) in [6.45, 7) is -0.573. The quantitative estimate of drug-likeness (QED) is 0.411. The van der Waals surface area contributed by atoms with E-state index < -0.39 is 16.8 Å². The molecule has 0 saturated heterocycles. The number of rotatable bonds is 6. The summed E-state index contributed by atoms with van der Waals surface area (Å²) in [5, 5.41) is 15.3. The van der Waals surface area contributed by atoms with Crippen LogP contribution in [0.15, 0.2) is 66.7 Å². The molecule has 0 fully saturated rings. The van der Waals surface area contributed by atoms with Crippen molar-refractivity contribution in [2.24, 2.45) is 0 Å².